The van der Waals surface area contributed by atoms with Crippen LogP contribution in [0.15, 0.2) is 66.9 Å². The molecule has 0 radical (unpaired) electrons. The molecule has 24 heavy (non-hydrogen) atoms. The number of pyridine rings is 1. The summed E-state index contributed by atoms with van der Waals surface area (Å²) in [6.45, 7) is 0.914. The van der Waals surface area contributed by atoms with Gasteiger partial charge in [0.1, 0.15) is 11.6 Å². The van der Waals surface area contributed by atoms with Crippen molar-refractivity contribution in [3.05, 3.63) is 89.8 Å². The Labute approximate surface area is 139 Å². The predicted octanol–water partition coefficient (Wildman–Crippen LogP) is 4.58. The molecule has 0 bridgehead atoms. The van der Waals surface area contributed by atoms with E-state index in [4.69, 9.17) is 0 Å². The van der Waals surface area contributed by atoms with Gasteiger partial charge in [-0.3, -0.25) is 4.98 Å². The molecule has 5 heteroatoms. The van der Waals surface area contributed by atoms with Crippen LogP contribution in [0.1, 0.15) is 11.3 Å². The van der Waals surface area contributed by atoms with E-state index in [0.717, 1.165) is 11.3 Å². The Morgan fingerprint density at radius 1 is 0.708 bits per heavy atom. The van der Waals surface area contributed by atoms with E-state index in [1.165, 1.54) is 12.1 Å². The van der Waals surface area contributed by atoms with E-state index in [1.807, 2.05) is 12.1 Å². The molecule has 0 saturated heterocycles. The number of benzene rings is 2. The highest BCUT2D eigenvalue weighted by Gasteiger charge is 2.02. The molecule has 0 saturated carbocycles. The lowest BCUT2D eigenvalue weighted by molar-refractivity contribution is 0.629. The predicted molar refractivity (Wildman–Crippen MR) is 91.7 cm³/mol. The average molecular weight is 325 g/mol. The summed E-state index contributed by atoms with van der Waals surface area (Å²) in [5, 5.41) is 6.05. The van der Waals surface area contributed by atoms with E-state index in [0.29, 0.717) is 24.5 Å². The second kappa shape index (κ2) is 7.55. The van der Waals surface area contributed by atoms with Crippen LogP contribution in [-0.4, -0.2) is 4.98 Å². The Morgan fingerprint density at radius 3 is 1.83 bits per heavy atom. The Bertz CT molecular complexity index is 735. The van der Waals surface area contributed by atoms with Gasteiger partial charge in [-0.15, -0.1) is 0 Å². The first-order valence-corrected chi connectivity index (χ1v) is 7.63. The minimum absolute atomic E-state index is 0.281. The average Bonchev–Trinajstić information content (AvgIpc) is 2.61. The van der Waals surface area contributed by atoms with Gasteiger partial charge >= 0.3 is 0 Å². The molecule has 2 N–H and O–H groups in total. The molecule has 3 aromatic rings. The highest BCUT2D eigenvalue weighted by atomic mass is 19.1. The fraction of sp³-hybridized carbons (Fsp3) is 0.105. The lowest BCUT2D eigenvalue weighted by Gasteiger charge is -2.09. The van der Waals surface area contributed by atoms with Crippen LogP contribution in [0, 0.1) is 11.6 Å². The Kier molecular flexibility index (Phi) is 5.01. The SMILES string of the molecule is Fc1ccccc1NCc1ccc(CNc2ccccc2F)nc1. The number of para-hydroxylation sites is 2. The quantitative estimate of drug-likeness (QED) is 0.696. The van der Waals surface area contributed by atoms with Crippen LogP contribution in [0.25, 0.3) is 0 Å². The first-order valence-electron chi connectivity index (χ1n) is 7.63. The molecule has 2 aromatic carbocycles. The minimum Gasteiger partial charge on any atom is -0.379 e. The Balaban J connectivity index is 1.55. The maximum absolute atomic E-state index is 13.5. The van der Waals surface area contributed by atoms with Gasteiger partial charge in [-0.25, -0.2) is 8.78 Å². The summed E-state index contributed by atoms with van der Waals surface area (Å²) in [4.78, 5) is 4.34. The molecule has 1 aromatic heterocycles. The summed E-state index contributed by atoms with van der Waals surface area (Å²) in [5.74, 6) is -0.570. The number of aromatic nitrogens is 1. The molecule has 0 aliphatic heterocycles. The van der Waals surface area contributed by atoms with Crippen LogP contribution >= 0.6 is 0 Å². The van der Waals surface area contributed by atoms with Crippen LogP contribution < -0.4 is 10.6 Å². The third kappa shape index (κ3) is 4.07. The molecule has 0 unspecified atom stereocenters. The van der Waals surface area contributed by atoms with Crippen molar-refractivity contribution in [3.8, 4) is 0 Å². The summed E-state index contributed by atoms with van der Waals surface area (Å²) in [6.07, 6.45) is 1.73. The van der Waals surface area contributed by atoms with Crippen LogP contribution in [-0.2, 0) is 13.1 Å². The fourth-order valence-electron chi connectivity index (χ4n) is 2.26. The van der Waals surface area contributed by atoms with Crippen molar-refractivity contribution < 1.29 is 8.78 Å². The molecule has 0 fully saturated rings. The first-order chi connectivity index (χ1) is 11.7. The summed E-state index contributed by atoms with van der Waals surface area (Å²) >= 11 is 0. The number of nitrogens with one attached hydrogen (secondary N) is 2. The topological polar surface area (TPSA) is 37.0 Å². The molecule has 0 atom stereocenters. The van der Waals surface area contributed by atoms with Crippen LogP contribution in [0.2, 0.25) is 0 Å². The van der Waals surface area contributed by atoms with E-state index < -0.39 is 0 Å². The third-order valence-corrected chi connectivity index (χ3v) is 3.58. The van der Waals surface area contributed by atoms with Crippen molar-refractivity contribution in [1.82, 2.24) is 4.98 Å². The van der Waals surface area contributed by atoms with Gasteiger partial charge in [-0.05, 0) is 35.9 Å². The molecule has 122 valence electrons. The smallest absolute Gasteiger partial charge is 0.146 e. The van der Waals surface area contributed by atoms with Gasteiger partial charge in [0.2, 0.25) is 0 Å². The van der Waals surface area contributed by atoms with Crippen LogP contribution in [0.5, 0.6) is 0 Å². The van der Waals surface area contributed by atoms with E-state index in [1.54, 1.807) is 42.6 Å². The number of rotatable bonds is 6. The zero-order valence-corrected chi connectivity index (χ0v) is 13.0. The highest BCUT2D eigenvalue weighted by Crippen LogP contribution is 2.15. The van der Waals surface area contributed by atoms with Gasteiger partial charge in [-0.2, -0.15) is 0 Å². The molecule has 0 spiro atoms. The van der Waals surface area contributed by atoms with Crippen molar-refractivity contribution in [2.75, 3.05) is 10.6 Å². The summed E-state index contributed by atoms with van der Waals surface area (Å²) in [5.41, 5.74) is 2.65. The largest absolute Gasteiger partial charge is 0.379 e. The second-order valence-electron chi connectivity index (χ2n) is 5.32. The molecule has 3 rings (SSSR count). The lowest BCUT2D eigenvalue weighted by atomic mass is 10.2. The lowest BCUT2D eigenvalue weighted by Crippen LogP contribution is -2.05. The first kappa shape index (κ1) is 15.9. The fourth-order valence-corrected chi connectivity index (χ4v) is 2.26. The molecular weight excluding hydrogens is 308 g/mol. The van der Waals surface area contributed by atoms with Gasteiger partial charge in [0, 0.05) is 12.7 Å². The van der Waals surface area contributed by atoms with Gasteiger partial charge in [0.05, 0.1) is 23.6 Å². The van der Waals surface area contributed by atoms with E-state index in [-0.39, 0.29) is 11.6 Å². The van der Waals surface area contributed by atoms with Crippen molar-refractivity contribution >= 4 is 11.4 Å². The Morgan fingerprint density at radius 2 is 1.29 bits per heavy atom. The van der Waals surface area contributed by atoms with Crippen molar-refractivity contribution in [3.63, 3.8) is 0 Å². The van der Waals surface area contributed by atoms with Crippen molar-refractivity contribution in [1.29, 1.82) is 0 Å². The number of hydrogen-bond acceptors (Lipinski definition) is 3. The highest BCUT2D eigenvalue weighted by molar-refractivity contribution is 5.45. The zero-order valence-electron chi connectivity index (χ0n) is 13.0. The summed E-state index contributed by atoms with van der Waals surface area (Å²) < 4.78 is 27.1. The van der Waals surface area contributed by atoms with E-state index in [2.05, 4.69) is 15.6 Å². The van der Waals surface area contributed by atoms with Gasteiger partial charge in [0.15, 0.2) is 0 Å². The maximum Gasteiger partial charge on any atom is 0.146 e. The molecule has 1 heterocycles. The molecule has 0 aliphatic carbocycles. The van der Waals surface area contributed by atoms with Crippen LogP contribution in [0.3, 0.4) is 0 Å². The van der Waals surface area contributed by atoms with E-state index in [9.17, 15) is 8.78 Å². The second-order valence-corrected chi connectivity index (χ2v) is 5.32. The Hall–Kier alpha value is -2.95. The summed E-state index contributed by atoms with van der Waals surface area (Å²) in [7, 11) is 0. The molecule has 0 aliphatic rings. The van der Waals surface area contributed by atoms with Gasteiger partial charge < -0.3 is 10.6 Å². The standard InChI is InChI=1S/C19H17F2N3/c20-16-5-1-3-7-18(16)23-12-14-9-10-15(22-11-14)13-24-19-8-4-2-6-17(19)21/h1-11,23-24H,12-13H2. The summed E-state index contributed by atoms with van der Waals surface area (Å²) in [6, 6.07) is 16.8. The number of nitrogens with zero attached hydrogens (tertiary/aromatic N) is 1. The van der Waals surface area contributed by atoms with Gasteiger partial charge in [0.25, 0.3) is 0 Å². The number of halogens is 2. The monoisotopic (exact) mass is 325 g/mol. The van der Waals surface area contributed by atoms with E-state index >= 15 is 0 Å². The van der Waals surface area contributed by atoms with Crippen molar-refractivity contribution in [2.45, 2.75) is 13.1 Å². The van der Waals surface area contributed by atoms with Gasteiger partial charge in [-0.1, -0.05) is 30.3 Å². The minimum atomic E-state index is -0.289. The molecule has 3 nitrogen and oxygen atoms in total. The zero-order chi connectivity index (χ0) is 16.8. The molecular formula is C19H17F2N3. The number of hydrogen-bond donors (Lipinski definition) is 2. The third-order valence-electron chi connectivity index (χ3n) is 3.58. The maximum atomic E-state index is 13.5. The van der Waals surface area contributed by atoms with Crippen molar-refractivity contribution in [2.24, 2.45) is 0 Å². The van der Waals surface area contributed by atoms with Crippen LogP contribution in [0.4, 0.5) is 20.2 Å². The normalized spacial score (nSPS) is 10.4. The molecule has 0 amide bonds. The number of anilines is 2.